The Morgan fingerprint density at radius 3 is 2.50 bits per heavy atom. The molecule has 1 saturated carbocycles. The maximum Gasteiger partial charge on any atom is 0.0327 e. The molecule has 0 heterocycles. The van der Waals surface area contributed by atoms with Gasteiger partial charge in [0.2, 0.25) is 0 Å². The maximum absolute atomic E-state index is 3.73. The van der Waals surface area contributed by atoms with Crippen LogP contribution < -0.4 is 5.32 Å². The summed E-state index contributed by atoms with van der Waals surface area (Å²) in [4.78, 5) is 2.40. The molecule has 0 spiro atoms. The van der Waals surface area contributed by atoms with E-state index in [1.807, 2.05) is 6.08 Å². The molecule has 2 heteroatoms. The summed E-state index contributed by atoms with van der Waals surface area (Å²) >= 11 is 0. The van der Waals surface area contributed by atoms with Crippen LogP contribution in [0.5, 0.6) is 0 Å². The van der Waals surface area contributed by atoms with Crippen molar-refractivity contribution in [3.05, 3.63) is 12.7 Å². The summed E-state index contributed by atoms with van der Waals surface area (Å²) in [7, 11) is 4.42. The minimum absolute atomic E-state index is 0.432. The van der Waals surface area contributed by atoms with Gasteiger partial charge in [0.25, 0.3) is 0 Å². The van der Waals surface area contributed by atoms with Crippen molar-refractivity contribution >= 4 is 0 Å². The molecule has 2 nitrogen and oxygen atoms in total. The quantitative estimate of drug-likeness (QED) is 0.516. The van der Waals surface area contributed by atoms with Crippen molar-refractivity contribution in [2.24, 2.45) is 0 Å². The Hall–Kier alpha value is -0.340. The smallest absolute Gasteiger partial charge is 0.0327 e. The normalized spacial score (nSPS) is 20.2. The number of rotatable bonds is 6. The lowest BCUT2D eigenvalue weighted by Crippen LogP contribution is -2.49. The molecule has 1 N–H and O–H groups in total. The van der Waals surface area contributed by atoms with Crippen molar-refractivity contribution in [2.75, 3.05) is 27.2 Å². The van der Waals surface area contributed by atoms with E-state index in [1.165, 1.54) is 25.7 Å². The standard InChI is InChI=1S/C12H24N2/c1-4-5-10-13-11-12(14(2)3)8-6-7-9-12/h4,13H,1,5-11H2,2-3H3. The van der Waals surface area contributed by atoms with Crippen molar-refractivity contribution in [1.29, 1.82) is 0 Å². The minimum atomic E-state index is 0.432. The highest BCUT2D eigenvalue weighted by Gasteiger charge is 2.35. The number of hydrogen-bond acceptors (Lipinski definition) is 2. The molecule has 0 aliphatic heterocycles. The molecule has 0 aromatic heterocycles. The lowest BCUT2D eigenvalue weighted by atomic mass is 9.96. The third-order valence-electron chi connectivity index (χ3n) is 3.46. The Kier molecular flexibility index (Phi) is 4.63. The average Bonchev–Trinajstić information content (AvgIpc) is 2.62. The first-order valence-corrected chi connectivity index (χ1v) is 5.70. The fourth-order valence-electron chi connectivity index (χ4n) is 2.34. The number of nitrogens with zero attached hydrogens (tertiary/aromatic N) is 1. The van der Waals surface area contributed by atoms with Crippen LogP contribution in [0.1, 0.15) is 32.1 Å². The molecular formula is C12H24N2. The van der Waals surface area contributed by atoms with E-state index >= 15 is 0 Å². The van der Waals surface area contributed by atoms with Gasteiger partial charge in [0.1, 0.15) is 0 Å². The second kappa shape index (κ2) is 5.52. The van der Waals surface area contributed by atoms with Gasteiger partial charge in [0, 0.05) is 12.1 Å². The third kappa shape index (κ3) is 2.82. The Morgan fingerprint density at radius 1 is 1.36 bits per heavy atom. The summed E-state index contributed by atoms with van der Waals surface area (Å²) in [5, 5.41) is 3.54. The van der Waals surface area contributed by atoms with Crippen LogP contribution in [0, 0.1) is 0 Å². The van der Waals surface area contributed by atoms with E-state index in [2.05, 4.69) is 30.9 Å². The van der Waals surface area contributed by atoms with Crippen molar-refractivity contribution < 1.29 is 0 Å². The lowest BCUT2D eigenvalue weighted by molar-refractivity contribution is 0.154. The molecule has 0 unspecified atom stereocenters. The number of nitrogens with one attached hydrogen (secondary N) is 1. The first-order valence-electron chi connectivity index (χ1n) is 5.70. The van der Waals surface area contributed by atoms with Gasteiger partial charge in [0.05, 0.1) is 0 Å². The molecule has 1 rings (SSSR count). The monoisotopic (exact) mass is 196 g/mol. The summed E-state index contributed by atoms with van der Waals surface area (Å²) < 4.78 is 0. The molecule has 0 bridgehead atoms. The molecule has 0 amide bonds. The molecule has 14 heavy (non-hydrogen) atoms. The molecule has 0 radical (unpaired) electrons. The minimum Gasteiger partial charge on any atom is -0.315 e. The summed E-state index contributed by atoms with van der Waals surface area (Å²) in [6, 6.07) is 0. The molecule has 1 aliphatic rings. The Labute approximate surface area is 88.4 Å². The Balaban J connectivity index is 2.32. The Morgan fingerprint density at radius 2 is 2.00 bits per heavy atom. The molecule has 0 saturated heterocycles. The first kappa shape index (κ1) is 11.7. The van der Waals surface area contributed by atoms with Gasteiger partial charge < -0.3 is 10.2 Å². The lowest BCUT2D eigenvalue weighted by Gasteiger charge is -2.36. The fourth-order valence-corrected chi connectivity index (χ4v) is 2.34. The van der Waals surface area contributed by atoms with Crippen molar-refractivity contribution in [3.63, 3.8) is 0 Å². The second-order valence-corrected chi connectivity index (χ2v) is 4.58. The molecule has 0 atom stereocenters. The molecule has 1 fully saturated rings. The van der Waals surface area contributed by atoms with E-state index in [0.717, 1.165) is 19.5 Å². The van der Waals surface area contributed by atoms with Gasteiger partial charge in [-0.15, -0.1) is 6.58 Å². The van der Waals surface area contributed by atoms with Crippen LogP contribution in [0.2, 0.25) is 0 Å². The zero-order valence-electron chi connectivity index (χ0n) is 9.68. The zero-order valence-corrected chi connectivity index (χ0v) is 9.68. The van der Waals surface area contributed by atoms with Gasteiger partial charge in [-0.05, 0) is 39.9 Å². The summed E-state index contributed by atoms with van der Waals surface area (Å²) in [5.74, 6) is 0. The molecule has 82 valence electrons. The van der Waals surface area contributed by atoms with E-state index in [4.69, 9.17) is 0 Å². The van der Waals surface area contributed by atoms with Gasteiger partial charge in [-0.2, -0.15) is 0 Å². The Bertz CT molecular complexity index is 169. The van der Waals surface area contributed by atoms with Gasteiger partial charge in [-0.1, -0.05) is 18.9 Å². The van der Waals surface area contributed by atoms with Crippen LogP contribution in [0.4, 0.5) is 0 Å². The third-order valence-corrected chi connectivity index (χ3v) is 3.46. The van der Waals surface area contributed by atoms with E-state index in [0.29, 0.717) is 5.54 Å². The van der Waals surface area contributed by atoms with E-state index < -0.39 is 0 Å². The van der Waals surface area contributed by atoms with Crippen LogP contribution in [-0.2, 0) is 0 Å². The largest absolute Gasteiger partial charge is 0.315 e. The van der Waals surface area contributed by atoms with Gasteiger partial charge >= 0.3 is 0 Å². The molecule has 1 aliphatic carbocycles. The zero-order chi connectivity index (χ0) is 10.4. The van der Waals surface area contributed by atoms with Crippen molar-refractivity contribution in [3.8, 4) is 0 Å². The summed E-state index contributed by atoms with van der Waals surface area (Å²) in [6.07, 6.45) is 8.53. The number of likely N-dealkylation sites (N-methyl/N-ethyl adjacent to an activating group) is 1. The highest BCUT2D eigenvalue weighted by molar-refractivity contribution is 4.94. The van der Waals surface area contributed by atoms with Gasteiger partial charge in [-0.25, -0.2) is 0 Å². The first-order chi connectivity index (χ1) is 6.71. The highest BCUT2D eigenvalue weighted by atomic mass is 15.2. The SMILES string of the molecule is C=CCCNCC1(N(C)C)CCCC1. The van der Waals surface area contributed by atoms with Crippen molar-refractivity contribution in [1.82, 2.24) is 10.2 Å². The van der Waals surface area contributed by atoms with E-state index in [1.54, 1.807) is 0 Å². The highest BCUT2D eigenvalue weighted by Crippen LogP contribution is 2.32. The predicted molar refractivity (Wildman–Crippen MR) is 62.6 cm³/mol. The van der Waals surface area contributed by atoms with Crippen LogP contribution in [-0.4, -0.2) is 37.6 Å². The maximum atomic E-state index is 3.73. The molecular weight excluding hydrogens is 172 g/mol. The fraction of sp³-hybridized carbons (Fsp3) is 0.833. The van der Waals surface area contributed by atoms with E-state index in [-0.39, 0.29) is 0 Å². The molecule has 0 aromatic carbocycles. The van der Waals surface area contributed by atoms with E-state index in [9.17, 15) is 0 Å². The topological polar surface area (TPSA) is 15.3 Å². The summed E-state index contributed by atoms with van der Waals surface area (Å²) in [5.41, 5.74) is 0.432. The molecule has 0 aromatic rings. The van der Waals surface area contributed by atoms with Gasteiger partial charge in [0.15, 0.2) is 0 Å². The number of hydrogen-bond donors (Lipinski definition) is 1. The van der Waals surface area contributed by atoms with Crippen LogP contribution in [0.15, 0.2) is 12.7 Å². The second-order valence-electron chi connectivity index (χ2n) is 4.58. The van der Waals surface area contributed by atoms with Crippen LogP contribution in [0.3, 0.4) is 0 Å². The van der Waals surface area contributed by atoms with Gasteiger partial charge in [-0.3, -0.25) is 0 Å². The van der Waals surface area contributed by atoms with Crippen LogP contribution >= 0.6 is 0 Å². The average molecular weight is 196 g/mol. The summed E-state index contributed by atoms with van der Waals surface area (Å²) in [6.45, 7) is 5.93. The van der Waals surface area contributed by atoms with Crippen molar-refractivity contribution in [2.45, 2.75) is 37.6 Å². The predicted octanol–water partition coefficient (Wildman–Crippen LogP) is 2.03. The van der Waals surface area contributed by atoms with Crippen LogP contribution in [0.25, 0.3) is 0 Å².